The molecule has 0 fully saturated rings. The summed E-state index contributed by atoms with van der Waals surface area (Å²) < 4.78 is 5.72. The molecule has 0 aliphatic heterocycles. The van der Waals surface area contributed by atoms with E-state index in [9.17, 15) is 0 Å². The molecule has 0 saturated heterocycles. The maximum atomic E-state index is 6.08. The van der Waals surface area contributed by atoms with Crippen molar-refractivity contribution in [1.29, 1.82) is 0 Å². The van der Waals surface area contributed by atoms with E-state index >= 15 is 0 Å². The fraction of sp³-hybridized carbons (Fsp3) is 0.143. The lowest BCUT2D eigenvalue weighted by atomic mass is 10.2. The lowest BCUT2D eigenvalue weighted by Gasteiger charge is -2.11. The second-order valence-corrected chi connectivity index (χ2v) is 4.83. The molecule has 2 rings (SSSR count). The molecule has 0 saturated carbocycles. The Hall–Kier alpha value is -1.38. The summed E-state index contributed by atoms with van der Waals surface area (Å²) in [4.78, 5) is 0. The molecule has 0 aliphatic rings. The molecule has 2 aromatic rings. The molecule has 2 aromatic carbocycles. The van der Waals surface area contributed by atoms with Crippen molar-refractivity contribution in [2.45, 2.75) is 13.5 Å². The van der Waals surface area contributed by atoms with Crippen molar-refractivity contribution in [2.24, 2.45) is 0 Å². The summed E-state index contributed by atoms with van der Waals surface area (Å²) in [6, 6.07) is 10.9. The first-order valence-corrected chi connectivity index (χ1v) is 6.25. The topological polar surface area (TPSA) is 35.2 Å². The van der Waals surface area contributed by atoms with Gasteiger partial charge in [0.05, 0.1) is 0 Å². The highest BCUT2D eigenvalue weighted by molar-refractivity contribution is 6.35. The molecule has 0 spiro atoms. The summed E-state index contributed by atoms with van der Waals surface area (Å²) in [5, 5.41) is 1.21. The van der Waals surface area contributed by atoms with Crippen molar-refractivity contribution in [3.63, 3.8) is 0 Å². The Labute approximate surface area is 116 Å². The van der Waals surface area contributed by atoms with E-state index in [1.165, 1.54) is 0 Å². The van der Waals surface area contributed by atoms with Gasteiger partial charge in [-0.25, -0.2) is 0 Å². The monoisotopic (exact) mass is 281 g/mol. The van der Waals surface area contributed by atoms with Gasteiger partial charge in [-0.2, -0.15) is 0 Å². The van der Waals surface area contributed by atoms with Gasteiger partial charge in [0.25, 0.3) is 0 Å². The second kappa shape index (κ2) is 5.51. The molecule has 0 atom stereocenters. The summed E-state index contributed by atoms with van der Waals surface area (Å²) in [5.41, 5.74) is 8.18. The highest BCUT2D eigenvalue weighted by Gasteiger charge is 2.07. The zero-order valence-corrected chi connectivity index (χ0v) is 11.4. The van der Waals surface area contributed by atoms with Gasteiger partial charge in [0, 0.05) is 21.3 Å². The Morgan fingerprint density at radius 2 is 1.78 bits per heavy atom. The highest BCUT2D eigenvalue weighted by atomic mass is 35.5. The molecule has 0 radical (unpaired) electrons. The van der Waals surface area contributed by atoms with Crippen LogP contribution >= 0.6 is 23.2 Å². The van der Waals surface area contributed by atoms with Crippen LogP contribution in [0.4, 0.5) is 5.69 Å². The SMILES string of the molecule is Cc1cc(N)ccc1OCc1c(Cl)cccc1Cl. The first-order chi connectivity index (χ1) is 8.58. The standard InChI is InChI=1S/C14H13Cl2NO/c1-9-7-10(17)5-6-14(9)18-8-11-12(15)3-2-4-13(11)16/h2-7H,8,17H2,1H3. The smallest absolute Gasteiger partial charge is 0.122 e. The fourth-order valence-corrected chi connectivity index (χ4v) is 2.16. The van der Waals surface area contributed by atoms with Crippen molar-refractivity contribution in [2.75, 3.05) is 5.73 Å². The highest BCUT2D eigenvalue weighted by Crippen LogP contribution is 2.27. The molecule has 4 heteroatoms. The number of aryl methyl sites for hydroxylation is 1. The number of nitrogen functional groups attached to an aromatic ring is 1. The van der Waals surface area contributed by atoms with Crippen molar-refractivity contribution in [1.82, 2.24) is 0 Å². The van der Waals surface area contributed by atoms with Gasteiger partial charge in [0.15, 0.2) is 0 Å². The average Bonchev–Trinajstić information content (AvgIpc) is 2.31. The van der Waals surface area contributed by atoms with Gasteiger partial charge in [0.1, 0.15) is 12.4 Å². The minimum atomic E-state index is 0.337. The Bertz CT molecular complexity index is 549. The van der Waals surface area contributed by atoms with Crippen LogP contribution in [-0.4, -0.2) is 0 Å². The molecular weight excluding hydrogens is 269 g/mol. The normalized spacial score (nSPS) is 10.4. The van der Waals surface area contributed by atoms with Crippen LogP contribution in [0.3, 0.4) is 0 Å². The number of ether oxygens (including phenoxy) is 1. The van der Waals surface area contributed by atoms with E-state index in [1.807, 2.05) is 25.1 Å². The molecule has 18 heavy (non-hydrogen) atoms. The van der Waals surface area contributed by atoms with Crippen molar-refractivity contribution < 1.29 is 4.74 Å². The molecule has 0 unspecified atom stereocenters. The summed E-state index contributed by atoms with van der Waals surface area (Å²) >= 11 is 12.2. The van der Waals surface area contributed by atoms with E-state index < -0.39 is 0 Å². The first kappa shape index (κ1) is 13.1. The molecule has 94 valence electrons. The van der Waals surface area contributed by atoms with Gasteiger partial charge in [-0.05, 0) is 42.8 Å². The Morgan fingerprint density at radius 3 is 2.39 bits per heavy atom. The zero-order chi connectivity index (χ0) is 13.1. The predicted octanol–water partition coefficient (Wildman–Crippen LogP) is 4.46. The van der Waals surface area contributed by atoms with Gasteiger partial charge in [0.2, 0.25) is 0 Å². The minimum absolute atomic E-state index is 0.337. The summed E-state index contributed by atoms with van der Waals surface area (Å²) in [7, 11) is 0. The molecule has 0 aliphatic carbocycles. The van der Waals surface area contributed by atoms with Crippen LogP contribution < -0.4 is 10.5 Å². The van der Waals surface area contributed by atoms with Gasteiger partial charge >= 0.3 is 0 Å². The van der Waals surface area contributed by atoms with Crippen molar-refractivity contribution in [3.8, 4) is 5.75 Å². The number of hydrogen-bond acceptors (Lipinski definition) is 2. The number of nitrogens with two attached hydrogens (primary N) is 1. The third kappa shape index (κ3) is 2.89. The second-order valence-electron chi connectivity index (χ2n) is 4.01. The first-order valence-electron chi connectivity index (χ1n) is 5.50. The van der Waals surface area contributed by atoms with E-state index in [0.717, 1.165) is 22.6 Å². The van der Waals surface area contributed by atoms with Gasteiger partial charge in [-0.15, -0.1) is 0 Å². The maximum Gasteiger partial charge on any atom is 0.122 e. The molecule has 2 N–H and O–H groups in total. The summed E-state index contributed by atoms with van der Waals surface area (Å²) in [6.45, 7) is 2.28. The third-order valence-electron chi connectivity index (χ3n) is 2.63. The molecule has 0 heterocycles. The van der Waals surface area contributed by atoms with Crippen molar-refractivity contribution in [3.05, 3.63) is 57.6 Å². The van der Waals surface area contributed by atoms with Crippen LogP contribution in [0.5, 0.6) is 5.75 Å². The Balaban J connectivity index is 2.16. The molecule has 2 nitrogen and oxygen atoms in total. The van der Waals surface area contributed by atoms with Crippen LogP contribution in [-0.2, 0) is 6.61 Å². The third-order valence-corrected chi connectivity index (χ3v) is 3.34. The Morgan fingerprint density at radius 1 is 1.11 bits per heavy atom. The van der Waals surface area contributed by atoms with E-state index in [1.54, 1.807) is 18.2 Å². The quantitative estimate of drug-likeness (QED) is 0.843. The Kier molecular flexibility index (Phi) is 4.00. The van der Waals surface area contributed by atoms with Crippen LogP contribution in [0, 0.1) is 6.92 Å². The maximum absolute atomic E-state index is 6.08. The van der Waals surface area contributed by atoms with Crippen LogP contribution in [0.2, 0.25) is 10.0 Å². The van der Waals surface area contributed by atoms with Gasteiger partial charge in [-0.1, -0.05) is 29.3 Å². The molecule has 0 amide bonds. The van der Waals surface area contributed by atoms with Crippen LogP contribution in [0.1, 0.15) is 11.1 Å². The number of halogens is 2. The van der Waals surface area contributed by atoms with Crippen LogP contribution in [0.25, 0.3) is 0 Å². The summed E-state index contributed by atoms with van der Waals surface area (Å²) in [6.07, 6.45) is 0. The summed E-state index contributed by atoms with van der Waals surface area (Å²) in [5.74, 6) is 0.778. The van der Waals surface area contributed by atoms with Gasteiger partial charge < -0.3 is 10.5 Å². The average molecular weight is 282 g/mol. The minimum Gasteiger partial charge on any atom is -0.489 e. The fourth-order valence-electron chi connectivity index (χ4n) is 1.65. The lowest BCUT2D eigenvalue weighted by Crippen LogP contribution is -1.99. The number of rotatable bonds is 3. The van der Waals surface area contributed by atoms with Gasteiger partial charge in [-0.3, -0.25) is 0 Å². The number of anilines is 1. The van der Waals surface area contributed by atoms with E-state index in [4.69, 9.17) is 33.7 Å². The van der Waals surface area contributed by atoms with Crippen molar-refractivity contribution >= 4 is 28.9 Å². The predicted molar refractivity (Wildman–Crippen MR) is 76.4 cm³/mol. The molecule has 0 aromatic heterocycles. The van der Waals surface area contributed by atoms with Crippen LogP contribution in [0.15, 0.2) is 36.4 Å². The van der Waals surface area contributed by atoms with E-state index in [0.29, 0.717) is 16.7 Å². The van der Waals surface area contributed by atoms with E-state index in [-0.39, 0.29) is 0 Å². The molecular formula is C14H13Cl2NO. The largest absolute Gasteiger partial charge is 0.489 e. The van der Waals surface area contributed by atoms with E-state index in [2.05, 4.69) is 0 Å². The lowest BCUT2D eigenvalue weighted by molar-refractivity contribution is 0.304. The number of hydrogen-bond donors (Lipinski definition) is 1. The molecule has 0 bridgehead atoms. The zero-order valence-electron chi connectivity index (χ0n) is 9.91. The number of benzene rings is 2.